The SMILES string of the molecule is CC(C)(C)C1CCN(C(=O)[C@@H]2CC(c3ccn(C(C)(C)C)n3)[C@H](c3cccc(C(F)(F)F)c3)N2)CC1.Cl. The van der Waals surface area contributed by atoms with Gasteiger partial charge in [0.15, 0.2) is 0 Å². The zero-order chi connectivity index (χ0) is 26.5. The number of nitrogens with one attached hydrogen (secondary N) is 1. The fourth-order valence-corrected chi connectivity index (χ4v) is 5.59. The Morgan fingerprint density at radius 3 is 2.22 bits per heavy atom. The van der Waals surface area contributed by atoms with Crippen molar-refractivity contribution in [3.8, 4) is 0 Å². The second-order valence-corrected chi connectivity index (χ2v) is 12.5. The van der Waals surface area contributed by atoms with E-state index < -0.39 is 23.8 Å². The summed E-state index contributed by atoms with van der Waals surface area (Å²) < 4.78 is 42.3. The highest BCUT2D eigenvalue weighted by molar-refractivity contribution is 5.85. The number of carbonyl (C=O) groups excluding carboxylic acids is 1. The summed E-state index contributed by atoms with van der Waals surface area (Å²) in [5.74, 6) is 0.403. The molecule has 5 nitrogen and oxygen atoms in total. The van der Waals surface area contributed by atoms with Crippen LogP contribution in [0.3, 0.4) is 0 Å². The lowest BCUT2D eigenvalue weighted by molar-refractivity contribution is -0.138. The number of likely N-dealkylation sites (tertiary alicyclic amines) is 1. The van der Waals surface area contributed by atoms with Gasteiger partial charge in [0.25, 0.3) is 0 Å². The molecule has 206 valence electrons. The van der Waals surface area contributed by atoms with Crippen molar-refractivity contribution in [1.82, 2.24) is 20.0 Å². The molecule has 2 aliphatic heterocycles. The van der Waals surface area contributed by atoms with Gasteiger partial charge in [-0.1, -0.05) is 32.9 Å². The minimum absolute atomic E-state index is 0. The molecule has 0 radical (unpaired) electrons. The Kier molecular flexibility index (Phi) is 8.45. The van der Waals surface area contributed by atoms with Gasteiger partial charge in [-0.2, -0.15) is 18.3 Å². The van der Waals surface area contributed by atoms with Crippen molar-refractivity contribution in [1.29, 1.82) is 0 Å². The third kappa shape index (κ3) is 6.51. The highest BCUT2D eigenvalue weighted by atomic mass is 35.5. The lowest BCUT2D eigenvalue weighted by atomic mass is 9.75. The van der Waals surface area contributed by atoms with Gasteiger partial charge in [-0.15, -0.1) is 12.4 Å². The van der Waals surface area contributed by atoms with Crippen LogP contribution in [0, 0.1) is 11.3 Å². The number of piperidine rings is 1. The van der Waals surface area contributed by atoms with Crippen LogP contribution in [0.15, 0.2) is 36.5 Å². The van der Waals surface area contributed by atoms with Crippen molar-refractivity contribution >= 4 is 18.3 Å². The Morgan fingerprint density at radius 2 is 1.68 bits per heavy atom. The van der Waals surface area contributed by atoms with Crippen LogP contribution in [-0.2, 0) is 16.5 Å². The van der Waals surface area contributed by atoms with Gasteiger partial charge in [-0.3, -0.25) is 14.8 Å². The Bertz CT molecular complexity index is 1080. The molecule has 9 heteroatoms. The van der Waals surface area contributed by atoms with Crippen molar-refractivity contribution in [2.45, 2.75) is 90.5 Å². The average Bonchev–Trinajstić information content (AvgIpc) is 3.45. The molecule has 1 N–H and O–H groups in total. The van der Waals surface area contributed by atoms with Gasteiger partial charge in [-0.25, -0.2) is 0 Å². The van der Waals surface area contributed by atoms with Crippen molar-refractivity contribution in [2.24, 2.45) is 11.3 Å². The molecule has 1 amide bonds. The zero-order valence-electron chi connectivity index (χ0n) is 22.6. The molecule has 3 heterocycles. The number of hydrogen-bond donors (Lipinski definition) is 1. The minimum atomic E-state index is -4.43. The lowest BCUT2D eigenvalue weighted by Gasteiger charge is -2.39. The second kappa shape index (κ2) is 10.6. The maximum atomic E-state index is 13.6. The normalized spacial score (nSPS) is 23.7. The zero-order valence-corrected chi connectivity index (χ0v) is 23.4. The van der Waals surface area contributed by atoms with Gasteiger partial charge in [0.2, 0.25) is 5.91 Å². The summed E-state index contributed by atoms with van der Waals surface area (Å²) in [7, 11) is 0. The summed E-state index contributed by atoms with van der Waals surface area (Å²) >= 11 is 0. The van der Waals surface area contributed by atoms with Crippen molar-refractivity contribution in [3.05, 3.63) is 53.3 Å². The first-order chi connectivity index (χ1) is 16.6. The number of carbonyl (C=O) groups is 1. The number of alkyl halides is 3. The second-order valence-electron chi connectivity index (χ2n) is 12.5. The Morgan fingerprint density at radius 1 is 1.03 bits per heavy atom. The molecule has 1 aromatic carbocycles. The van der Waals surface area contributed by atoms with Gasteiger partial charge < -0.3 is 4.90 Å². The van der Waals surface area contributed by atoms with E-state index in [-0.39, 0.29) is 35.2 Å². The van der Waals surface area contributed by atoms with E-state index in [1.807, 2.05) is 21.8 Å². The molecule has 1 aromatic heterocycles. The van der Waals surface area contributed by atoms with E-state index in [0.717, 1.165) is 37.7 Å². The van der Waals surface area contributed by atoms with Gasteiger partial charge in [0.05, 0.1) is 22.8 Å². The molecule has 0 saturated carbocycles. The highest BCUT2D eigenvalue weighted by Crippen LogP contribution is 2.42. The number of aromatic nitrogens is 2. The van der Waals surface area contributed by atoms with E-state index >= 15 is 0 Å². The molecule has 2 saturated heterocycles. The molecule has 0 aliphatic carbocycles. The molecule has 0 bridgehead atoms. The van der Waals surface area contributed by atoms with Crippen LogP contribution in [0.25, 0.3) is 0 Å². The van der Waals surface area contributed by atoms with E-state index in [9.17, 15) is 18.0 Å². The first-order valence-corrected chi connectivity index (χ1v) is 12.9. The van der Waals surface area contributed by atoms with Crippen LogP contribution in [0.2, 0.25) is 0 Å². The fraction of sp³-hybridized carbons (Fsp3) is 0.643. The monoisotopic (exact) mass is 540 g/mol. The number of amides is 1. The first-order valence-electron chi connectivity index (χ1n) is 12.9. The van der Waals surface area contributed by atoms with Crippen LogP contribution in [0.1, 0.15) is 89.6 Å². The molecule has 37 heavy (non-hydrogen) atoms. The maximum Gasteiger partial charge on any atom is 0.416 e. The molecule has 3 atom stereocenters. The summed E-state index contributed by atoms with van der Waals surface area (Å²) in [6, 6.07) is 6.48. The molecule has 2 aromatic rings. The smallest absolute Gasteiger partial charge is 0.341 e. The quantitative estimate of drug-likeness (QED) is 0.480. The van der Waals surface area contributed by atoms with Gasteiger partial charge in [-0.05, 0) is 75.1 Å². The third-order valence-corrected chi connectivity index (χ3v) is 7.85. The summed E-state index contributed by atoms with van der Waals surface area (Å²) in [6.07, 6.45) is -0.0769. The molecule has 4 rings (SSSR count). The molecule has 2 aliphatic rings. The molecular formula is C28H40ClF3N4O. The predicted molar refractivity (Wildman–Crippen MR) is 142 cm³/mol. The van der Waals surface area contributed by atoms with Gasteiger partial charge in [0, 0.05) is 31.2 Å². The summed E-state index contributed by atoms with van der Waals surface area (Å²) in [6.45, 7) is 14.3. The summed E-state index contributed by atoms with van der Waals surface area (Å²) in [5, 5.41) is 8.20. The summed E-state index contributed by atoms with van der Waals surface area (Å²) in [5.41, 5.74) is 0.637. The van der Waals surface area contributed by atoms with E-state index in [1.165, 1.54) is 12.1 Å². The Balaban J connectivity index is 0.00000380. The van der Waals surface area contributed by atoms with Crippen LogP contribution >= 0.6 is 12.4 Å². The number of rotatable bonds is 3. The Hall–Kier alpha value is -2.06. The van der Waals surface area contributed by atoms with Crippen LogP contribution in [0.4, 0.5) is 13.2 Å². The van der Waals surface area contributed by atoms with Crippen LogP contribution < -0.4 is 5.32 Å². The van der Waals surface area contributed by atoms with Crippen molar-refractivity contribution in [2.75, 3.05) is 13.1 Å². The third-order valence-electron chi connectivity index (χ3n) is 7.85. The maximum absolute atomic E-state index is 13.6. The molecular weight excluding hydrogens is 501 g/mol. The lowest BCUT2D eigenvalue weighted by Crippen LogP contribution is -2.48. The van der Waals surface area contributed by atoms with E-state index in [4.69, 9.17) is 5.10 Å². The molecule has 0 spiro atoms. The number of halogens is 4. The van der Waals surface area contributed by atoms with Crippen LogP contribution in [0.5, 0.6) is 0 Å². The number of benzene rings is 1. The number of hydrogen-bond acceptors (Lipinski definition) is 3. The topological polar surface area (TPSA) is 50.2 Å². The molecule has 2 fully saturated rings. The molecule has 1 unspecified atom stereocenters. The first kappa shape index (κ1) is 29.5. The van der Waals surface area contributed by atoms with Gasteiger partial charge >= 0.3 is 6.18 Å². The average molecular weight is 541 g/mol. The minimum Gasteiger partial charge on any atom is -0.341 e. The van der Waals surface area contributed by atoms with Crippen molar-refractivity contribution in [3.63, 3.8) is 0 Å². The van der Waals surface area contributed by atoms with E-state index in [2.05, 4.69) is 46.9 Å². The fourth-order valence-electron chi connectivity index (χ4n) is 5.59. The van der Waals surface area contributed by atoms with Crippen LogP contribution in [-0.4, -0.2) is 39.7 Å². The largest absolute Gasteiger partial charge is 0.416 e. The standard InChI is InChI=1S/C28H39F3N4O.ClH/c1-26(2,3)19-10-13-34(14-11-19)25(36)23-17-21(22-12-15-35(33-22)27(4,5)6)24(32-23)18-8-7-9-20(16-18)28(29,30)31;/h7-9,12,15-16,19,21,23-24,32H,10-11,13-14,17H2,1-6H3;1H/t21?,23-,24-;/m0./s1. The van der Waals surface area contributed by atoms with Gasteiger partial charge in [0.1, 0.15) is 0 Å². The van der Waals surface area contributed by atoms with E-state index in [0.29, 0.717) is 17.9 Å². The summed E-state index contributed by atoms with van der Waals surface area (Å²) in [4.78, 5) is 15.5. The predicted octanol–water partition coefficient (Wildman–Crippen LogP) is 6.55. The van der Waals surface area contributed by atoms with Crippen molar-refractivity contribution < 1.29 is 18.0 Å². The highest BCUT2D eigenvalue weighted by Gasteiger charge is 2.43. The Labute approximate surface area is 224 Å². The van der Waals surface area contributed by atoms with E-state index in [1.54, 1.807) is 6.07 Å². The number of nitrogens with zero attached hydrogens (tertiary/aromatic N) is 3.